The first-order valence-corrected chi connectivity index (χ1v) is 3.53. The van der Waals surface area contributed by atoms with Crippen molar-refractivity contribution in [1.29, 1.82) is 5.26 Å². The highest BCUT2D eigenvalue weighted by atomic mass is 19.4. The minimum atomic E-state index is -4.71. The van der Waals surface area contributed by atoms with Crippen LogP contribution in [0.1, 0.15) is 13.3 Å². The van der Waals surface area contributed by atoms with E-state index in [1.165, 1.54) is 13.0 Å². The molecule has 0 N–H and O–H groups in total. The molecule has 0 heterocycles. The van der Waals surface area contributed by atoms with Crippen LogP contribution < -0.4 is 0 Å². The van der Waals surface area contributed by atoms with Crippen molar-refractivity contribution in [2.45, 2.75) is 19.5 Å². The first kappa shape index (κ1) is 11.8. The highest BCUT2D eigenvalue weighted by molar-refractivity contribution is 5.73. The van der Waals surface area contributed by atoms with E-state index in [9.17, 15) is 18.0 Å². The van der Waals surface area contributed by atoms with Crippen LogP contribution >= 0.6 is 0 Å². The van der Waals surface area contributed by atoms with Crippen molar-refractivity contribution in [1.82, 2.24) is 0 Å². The largest absolute Gasteiger partial charge is 0.465 e. The minimum absolute atomic E-state index is 0.128. The Morgan fingerprint density at radius 3 is 2.46 bits per heavy atom. The third-order valence-electron chi connectivity index (χ3n) is 1.26. The fraction of sp³-hybridized carbons (Fsp3) is 0.714. The molecule has 0 spiro atoms. The number of rotatable bonds is 3. The van der Waals surface area contributed by atoms with Gasteiger partial charge >= 0.3 is 12.1 Å². The van der Waals surface area contributed by atoms with Gasteiger partial charge in [-0.2, -0.15) is 18.4 Å². The first-order chi connectivity index (χ1) is 5.93. The third-order valence-corrected chi connectivity index (χ3v) is 1.26. The molecule has 0 radical (unpaired) electrons. The van der Waals surface area contributed by atoms with E-state index >= 15 is 0 Å². The molecule has 0 amide bonds. The maximum atomic E-state index is 12.0. The number of ether oxygens (including phenoxy) is 1. The van der Waals surface area contributed by atoms with Crippen LogP contribution in [-0.2, 0) is 9.53 Å². The number of esters is 1. The summed E-state index contributed by atoms with van der Waals surface area (Å²) in [5.74, 6) is -3.71. The van der Waals surface area contributed by atoms with Gasteiger partial charge in [0.05, 0.1) is 19.1 Å². The summed E-state index contributed by atoms with van der Waals surface area (Å²) in [5, 5.41) is 8.06. The van der Waals surface area contributed by atoms with Crippen LogP contribution in [0, 0.1) is 17.2 Å². The smallest absolute Gasteiger partial charge is 0.403 e. The highest BCUT2D eigenvalue weighted by Crippen LogP contribution is 2.29. The molecule has 74 valence electrons. The Labute approximate surface area is 73.1 Å². The second-order valence-electron chi connectivity index (χ2n) is 2.21. The summed E-state index contributed by atoms with van der Waals surface area (Å²) in [4.78, 5) is 10.7. The molecule has 0 aromatic carbocycles. The lowest BCUT2D eigenvalue weighted by molar-refractivity contribution is -0.196. The summed E-state index contributed by atoms with van der Waals surface area (Å²) in [6.45, 7) is 1.27. The van der Waals surface area contributed by atoms with Gasteiger partial charge < -0.3 is 4.74 Å². The van der Waals surface area contributed by atoms with Gasteiger partial charge in [0, 0.05) is 0 Å². The van der Waals surface area contributed by atoms with E-state index in [1.807, 2.05) is 0 Å². The van der Waals surface area contributed by atoms with Gasteiger partial charge in [0.25, 0.3) is 0 Å². The highest BCUT2D eigenvalue weighted by Gasteiger charge is 2.45. The molecule has 13 heavy (non-hydrogen) atoms. The molecule has 0 aromatic rings. The molecule has 0 rings (SSSR count). The predicted molar refractivity (Wildman–Crippen MR) is 36.4 cm³/mol. The Hall–Kier alpha value is -1.25. The van der Waals surface area contributed by atoms with Gasteiger partial charge in [-0.25, -0.2) is 0 Å². The van der Waals surface area contributed by atoms with Crippen molar-refractivity contribution in [3.05, 3.63) is 0 Å². The fourth-order valence-electron chi connectivity index (χ4n) is 0.667. The fourth-order valence-corrected chi connectivity index (χ4v) is 0.667. The van der Waals surface area contributed by atoms with Crippen LogP contribution in [0.3, 0.4) is 0 Å². The number of alkyl halides is 3. The van der Waals surface area contributed by atoms with Gasteiger partial charge in [-0.3, -0.25) is 4.79 Å². The molecule has 0 bridgehead atoms. The predicted octanol–water partition coefficient (Wildman–Crippen LogP) is 1.64. The lowest BCUT2D eigenvalue weighted by atomic mass is 10.1. The second-order valence-corrected chi connectivity index (χ2v) is 2.21. The van der Waals surface area contributed by atoms with E-state index in [2.05, 4.69) is 4.74 Å². The summed E-state index contributed by atoms with van der Waals surface area (Å²) in [7, 11) is 0. The van der Waals surface area contributed by atoms with Gasteiger partial charge in [0.1, 0.15) is 0 Å². The monoisotopic (exact) mass is 195 g/mol. The molecule has 0 aliphatic carbocycles. The number of nitriles is 1. The summed E-state index contributed by atoms with van der Waals surface area (Å²) < 4.78 is 40.3. The average Bonchev–Trinajstić information content (AvgIpc) is 1.98. The van der Waals surface area contributed by atoms with E-state index in [4.69, 9.17) is 5.26 Å². The molecule has 6 heteroatoms. The molecule has 0 saturated heterocycles. The van der Waals surface area contributed by atoms with Gasteiger partial charge in [-0.15, -0.1) is 0 Å². The van der Waals surface area contributed by atoms with E-state index in [-0.39, 0.29) is 6.61 Å². The lowest BCUT2D eigenvalue weighted by Gasteiger charge is -2.15. The number of carbonyl (C=O) groups is 1. The van der Waals surface area contributed by atoms with Crippen molar-refractivity contribution in [3.8, 4) is 6.07 Å². The summed E-state index contributed by atoms with van der Waals surface area (Å²) in [6.07, 6.45) is -5.61. The maximum absolute atomic E-state index is 12.0. The summed E-state index contributed by atoms with van der Waals surface area (Å²) >= 11 is 0. The standard InChI is InChI=1S/C7H8F3NO2/c1-2-13-6(12)5(3-4-11)7(8,9)10/h5H,2-3H2,1H3. The third kappa shape index (κ3) is 3.78. The average molecular weight is 195 g/mol. The van der Waals surface area contributed by atoms with Crippen LogP contribution in [0.15, 0.2) is 0 Å². The number of hydrogen-bond acceptors (Lipinski definition) is 3. The molecule has 0 aliphatic heterocycles. The van der Waals surface area contributed by atoms with Crippen molar-refractivity contribution in [2.75, 3.05) is 6.61 Å². The van der Waals surface area contributed by atoms with E-state index in [0.717, 1.165) is 0 Å². The molecule has 0 aliphatic rings. The number of hydrogen-bond donors (Lipinski definition) is 0. The van der Waals surface area contributed by atoms with Gasteiger partial charge in [0.15, 0.2) is 5.92 Å². The van der Waals surface area contributed by atoms with Crippen LogP contribution in [0.5, 0.6) is 0 Å². The van der Waals surface area contributed by atoms with Crippen molar-refractivity contribution in [3.63, 3.8) is 0 Å². The Morgan fingerprint density at radius 2 is 2.15 bits per heavy atom. The number of nitrogens with zero attached hydrogens (tertiary/aromatic N) is 1. The van der Waals surface area contributed by atoms with Gasteiger partial charge in [0.2, 0.25) is 0 Å². The summed E-state index contributed by atoms with van der Waals surface area (Å²) in [5.41, 5.74) is 0. The minimum Gasteiger partial charge on any atom is -0.465 e. The van der Waals surface area contributed by atoms with Crippen molar-refractivity contribution < 1.29 is 22.7 Å². The van der Waals surface area contributed by atoms with Crippen LogP contribution in [0.4, 0.5) is 13.2 Å². The van der Waals surface area contributed by atoms with Crippen LogP contribution in [0.2, 0.25) is 0 Å². The second kappa shape index (κ2) is 4.70. The Kier molecular flexibility index (Phi) is 4.25. The normalized spacial score (nSPS) is 13.2. The molecule has 0 fully saturated rings. The van der Waals surface area contributed by atoms with Crippen molar-refractivity contribution in [2.24, 2.45) is 5.92 Å². The number of halogens is 3. The quantitative estimate of drug-likeness (QED) is 0.643. The molecule has 0 aromatic heterocycles. The topological polar surface area (TPSA) is 50.1 Å². The Bertz CT molecular complexity index is 219. The zero-order valence-electron chi connectivity index (χ0n) is 6.89. The molecular formula is C7H8F3NO2. The molecule has 3 nitrogen and oxygen atoms in total. The maximum Gasteiger partial charge on any atom is 0.403 e. The molecule has 1 unspecified atom stereocenters. The SMILES string of the molecule is CCOC(=O)C(CC#N)C(F)(F)F. The number of carbonyl (C=O) groups excluding carboxylic acids is 1. The molecule has 1 atom stereocenters. The Balaban J connectivity index is 4.44. The zero-order valence-corrected chi connectivity index (χ0v) is 6.89. The van der Waals surface area contributed by atoms with E-state index < -0.39 is 24.5 Å². The lowest BCUT2D eigenvalue weighted by Crippen LogP contribution is -2.31. The van der Waals surface area contributed by atoms with Crippen LogP contribution in [-0.4, -0.2) is 18.8 Å². The molecule has 0 saturated carbocycles. The van der Waals surface area contributed by atoms with Gasteiger partial charge in [-0.1, -0.05) is 0 Å². The van der Waals surface area contributed by atoms with Crippen molar-refractivity contribution >= 4 is 5.97 Å². The van der Waals surface area contributed by atoms with E-state index in [0.29, 0.717) is 0 Å². The van der Waals surface area contributed by atoms with Crippen LogP contribution in [0.25, 0.3) is 0 Å². The van der Waals surface area contributed by atoms with Gasteiger partial charge in [-0.05, 0) is 6.92 Å². The molecular weight excluding hydrogens is 187 g/mol. The summed E-state index contributed by atoms with van der Waals surface area (Å²) in [6, 6.07) is 1.29. The zero-order chi connectivity index (χ0) is 10.5. The Morgan fingerprint density at radius 1 is 1.62 bits per heavy atom. The first-order valence-electron chi connectivity index (χ1n) is 3.53. The van der Waals surface area contributed by atoms with E-state index in [1.54, 1.807) is 0 Å².